The van der Waals surface area contributed by atoms with Gasteiger partial charge in [-0.25, -0.2) is 0 Å². The summed E-state index contributed by atoms with van der Waals surface area (Å²) in [5.74, 6) is -0.152. The van der Waals surface area contributed by atoms with Gasteiger partial charge in [0.05, 0.1) is 18.7 Å². The third-order valence-corrected chi connectivity index (χ3v) is 5.59. The van der Waals surface area contributed by atoms with Gasteiger partial charge in [-0.3, -0.25) is 19.3 Å². The van der Waals surface area contributed by atoms with Crippen LogP contribution in [0.4, 0.5) is 11.4 Å². The van der Waals surface area contributed by atoms with Crippen LogP contribution in [0.25, 0.3) is 0 Å². The molecule has 1 aliphatic heterocycles. The molecular formula is C23H25ClN4O4S. The van der Waals surface area contributed by atoms with E-state index in [0.717, 1.165) is 0 Å². The molecule has 0 radical (unpaired) electrons. The van der Waals surface area contributed by atoms with Crippen LogP contribution in [0.15, 0.2) is 48.5 Å². The van der Waals surface area contributed by atoms with E-state index in [0.29, 0.717) is 28.8 Å². The molecule has 0 saturated carbocycles. The Morgan fingerprint density at radius 2 is 1.91 bits per heavy atom. The Bertz CT molecular complexity index is 1050. The number of nitrogens with zero attached hydrogens (tertiary/aromatic N) is 2. The van der Waals surface area contributed by atoms with Crippen molar-refractivity contribution in [3.05, 3.63) is 53.6 Å². The smallest absolute Gasteiger partial charge is 0.256 e. The van der Waals surface area contributed by atoms with Gasteiger partial charge in [-0.2, -0.15) is 0 Å². The number of hydrogen-bond acceptors (Lipinski definition) is 5. The van der Waals surface area contributed by atoms with E-state index in [4.69, 9.17) is 28.6 Å². The number of hydrogen-bond donors (Lipinski definition) is 2. The van der Waals surface area contributed by atoms with Gasteiger partial charge >= 0.3 is 0 Å². The molecule has 0 spiro atoms. The molecule has 0 unspecified atom stereocenters. The predicted octanol–water partition coefficient (Wildman–Crippen LogP) is 3.21. The van der Waals surface area contributed by atoms with Gasteiger partial charge in [0.15, 0.2) is 5.11 Å². The third kappa shape index (κ3) is 6.21. The second-order valence-electron chi connectivity index (χ2n) is 7.34. The molecule has 2 aromatic carbocycles. The van der Waals surface area contributed by atoms with Crippen molar-refractivity contribution in [3.63, 3.8) is 0 Å². The van der Waals surface area contributed by atoms with E-state index in [9.17, 15) is 14.4 Å². The van der Waals surface area contributed by atoms with Gasteiger partial charge < -0.3 is 20.3 Å². The SMILES string of the molecule is CCOc1ccc(NC(=O)C[C@H]2C(=O)N(c3cccc(Cl)c3)C(=S)N2CCNC(C)=O)cc1. The normalized spacial score (nSPS) is 15.5. The second-order valence-corrected chi connectivity index (χ2v) is 8.14. The molecular weight excluding hydrogens is 464 g/mol. The number of carbonyl (C=O) groups excluding carboxylic acids is 3. The number of nitrogens with one attached hydrogen (secondary N) is 2. The van der Waals surface area contributed by atoms with Crippen molar-refractivity contribution >= 4 is 58.0 Å². The van der Waals surface area contributed by atoms with Crippen LogP contribution in [0.3, 0.4) is 0 Å². The van der Waals surface area contributed by atoms with Gasteiger partial charge in [-0.1, -0.05) is 17.7 Å². The standard InChI is InChI=1S/C23H25ClN4O4S/c1-3-32-19-9-7-17(8-10-19)26-21(30)14-20-22(31)28(18-6-4-5-16(24)13-18)23(33)27(20)12-11-25-15(2)29/h4-10,13,20H,3,11-12,14H2,1-2H3,(H,25,29)(H,26,30)/t20-/m0/s1. The number of halogens is 1. The van der Waals surface area contributed by atoms with Crippen LogP contribution in [0.2, 0.25) is 5.02 Å². The van der Waals surface area contributed by atoms with E-state index in [1.165, 1.54) is 11.8 Å². The molecule has 1 aliphatic rings. The van der Waals surface area contributed by atoms with E-state index in [1.54, 1.807) is 53.4 Å². The van der Waals surface area contributed by atoms with Crippen molar-refractivity contribution in [2.24, 2.45) is 0 Å². The zero-order chi connectivity index (χ0) is 24.0. The summed E-state index contributed by atoms with van der Waals surface area (Å²) in [5.41, 5.74) is 1.12. The van der Waals surface area contributed by atoms with E-state index < -0.39 is 6.04 Å². The number of thiocarbonyl (C=S) groups is 1. The molecule has 0 aliphatic carbocycles. The topological polar surface area (TPSA) is 91.0 Å². The number of benzene rings is 2. The number of carbonyl (C=O) groups is 3. The van der Waals surface area contributed by atoms with Gasteiger partial charge in [-0.05, 0) is 61.6 Å². The van der Waals surface area contributed by atoms with Crippen molar-refractivity contribution < 1.29 is 19.1 Å². The second kappa shape index (κ2) is 11.1. The molecule has 33 heavy (non-hydrogen) atoms. The van der Waals surface area contributed by atoms with Gasteiger partial charge in [0.25, 0.3) is 5.91 Å². The van der Waals surface area contributed by atoms with Gasteiger partial charge in [-0.15, -0.1) is 0 Å². The lowest BCUT2D eigenvalue weighted by atomic mass is 10.1. The van der Waals surface area contributed by atoms with Crippen molar-refractivity contribution in [2.45, 2.75) is 26.3 Å². The quantitative estimate of drug-likeness (QED) is 0.527. The van der Waals surface area contributed by atoms with E-state index >= 15 is 0 Å². The molecule has 1 fully saturated rings. The zero-order valence-corrected chi connectivity index (χ0v) is 19.9. The summed E-state index contributed by atoms with van der Waals surface area (Å²) < 4.78 is 5.41. The van der Waals surface area contributed by atoms with Crippen LogP contribution >= 0.6 is 23.8 Å². The monoisotopic (exact) mass is 488 g/mol. The fourth-order valence-corrected chi connectivity index (χ4v) is 4.08. The first-order valence-electron chi connectivity index (χ1n) is 10.5. The summed E-state index contributed by atoms with van der Waals surface area (Å²) in [5, 5.41) is 6.22. The Balaban J connectivity index is 1.76. The maximum Gasteiger partial charge on any atom is 0.256 e. The van der Waals surface area contributed by atoms with Crippen LogP contribution < -0.4 is 20.3 Å². The maximum atomic E-state index is 13.3. The number of ether oxygens (including phenoxy) is 1. The fraction of sp³-hybridized carbons (Fsp3) is 0.304. The Labute approximate surface area is 202 Å². The average molecular weight is 489 g/mol. The highest BCUT2D eigenvalue weighted by Gasteiger charge is 2.44. The number of anilines is 2. The fourth-order valence-electron chi connectivity index (χ4n) is 3.48. The molecule has 3 rings (SSSR count). The van der Waals surface area contributed by atoms with E-state index in [2.05, 4.69) is 10.6 Å². The molecule has 0 aromatic heterocycles. The minimum atomic E-state index is -0.812. The van der Waals surface area contributed by atoms with E-state index in [1.807, 2.05) is 6.92 Å². The average Bonchev–Trinajstić information content (AvgIpc) is 2.99. The molecule has 1 saturated heterocycles. The summed E-state index contributed by atoms with van der Waals surface area (Å²) in [6.45, 7) is 4.41. The number of amides is 3. The minimum Gasteiger partial charge on any atom is -0.494 e. The Hall–Kier alpha value is -3.17. The number of rotatable bonds is 9. The van der Waals surface area contributed by atoms with Crippen molar-refractivity contribution in [1.29, 1.82) is 0 Å². The lowest BCUT2D eigenvalue weighted by Crippen LogP contribution is -2.42. The molecule has 174 valence electrons. The van der Waals surface area contributed by atoms with Crippen molar-refractivity contribution in [3.8, 4) is 5.75 Å². The summed E-state index contributed by atoms with van der Waals surface area (Å²) in [6, 6.07) is 13.0. The first-order chi connectivity index (χ1) is 15.8. The molecule has 10 heteroatoms. The predicted molar refractivity (Wildman–Crippen MR) is 132 cm³/mol. The molecule has 8 nitrogen and oxygen atoms in total. The highest BCUT2D eigenvalue weighted by molar-refractivity contribution is 7.80. The Morgan fingerprint density at radius 1 is 1.18 bits per heavy atom. The lowest BCUT2D eigenvalue weighted by molar-refractivity contribution is -0.124. The van der Waals surface area contributed by atoms with Gasteiger partial charge in [0, 0.05) is 30.7 Å². The minimum absolute atomic E-state index is 0.108. The Kier molecular flexibility index (Phi) is 8.24. The molecule has 1 heterocycles. The van der Waals surface area contributed by atoms with Crippen LogP contribution in [0, 0.1) is 0 Å². The molecule has 2 aromatic rings. The molecule has 1 atom stereocenters. The summed E-state index contributed by atoms with van der Waals surface area (Å²) in [4.78, 5) is 40.4. The first kappa shape index (κ1) is 24.5. The van der Waals surface area contributed by atoms with Crippen molar-refractivity contribution in [1.82, 2.24) is 10.2 Å². The molecule has 2 N–H and O–H groups in total. The highest BCUT2D eigenvalue weighted by Crippen LogP contribution is 2.29. The molecule has 0 bridgehead atoms. The largest absolute Gasteiger partial charge is 0.494 e. The Morgan fingerprint density at radius 3 is 2.55 bits per heavy atom. The highest BCUT2D eigenvalue weighted by atomic mass is 35.5. The van der Waals surface area contributed by atoms with Crippen molar-refractivity contribution in [2.75, 3.05) is 29.9 Å². The molecule has 3 amide bonds. The first-order valence-corrected chi connectivity index (χ1v) is 11.3. The van der Waals surface area contributed by atoms with Crippen LogP contribution in [0.5, 0.6) is 5.75 Å². The third-order valence-electron chi connectivity index (χ3n) is 4.94. The summed E-state index contributed by atoms with van der Waals surface area (Å²) in [6.07, 6.45) is -0.108. The summed E-state index contributed by atoms with van der Waals surface area (Å²) in [7, 11) is 0. The summed E-state index contributed by atoms with van der Waals surface area (Å²) >= 11 is 11.7. The maximum absolute atomic E-state index is 13.3. The van der Waals surface area contributed by atoms with E-state index in [-0.39, 0.29) is 42.3 Å². The van der Waals surface area contributed by atoms with Gasteiger partial charge in [0.2, 0.25) is 11.8 Å². The van der Waals surface area contributed by atoms with Crippen LogP contribution in [-0.4, -0.2) is 53.5 Å². The van der Waals surface area contributed by atoms with Crippen LogP contribution in [0.1, 0.15) is 20.3 Å². The lowest BCUT2D eigenvalue weighted by Gasteiger charge is -2.24. The van der Waals surface area contributed by atoms with Gasteiger partial charge in [0.1, 0.15) is 11.8 Å². The zero-order valence-electron chi connectivity index (χ0n) is 18.3. The van der Waals surface area contributed by atoms with Crippen LogP contribution in [-0.2, 0) is 14.4 Å².